The van der Waals surface area contributed by atoms with Gasteiger partial charge in [-0.05, 0) is 30.6 Å². The Hall–Kier alpha value is -1.72. The molecule has 0 aromatic heterocycles. The van der Waals surface area contributed by atoms with E-state index in [0.29, 0.717) is 5.17 Å². The molecule has 106 valence electrons. The van der Waals surface area contributed by atoms with Gasteiger partial charge in [-0.15, -0.1) is 11.8 Å². The van der Waals surface area contributed by atoms with E-state index in [1.54, 1.807) is 36.3 Å². The third kappa shape index (κ3) is 4.75. The largest absolute Gasteiger partial charge is 0.294 e. The minimum absolute atomic E-state index is 0.0721. The number of aliphatic imine (C=N–C) groups is 1. The van der Waals surface area contributed by atoms with Crippen LogP contribution < -0.4 is 5.32 Å². The summed E-state index contributed by atoms with van der Waals surface area (Å²) in [5, 5.41) is 22.3. The van der Waals surface area contributed by atoms with Crippen molar-refractivity contribution >= 4 is 40.1 Å². The molecule has 0 aliphatic heterocycles. The summed E-state index contributed by atoms with van der Waals surface area (Å²) in [5.41, 5.74) is 0.181. The van der Waals surface area contributed by atoms with Crippen molar-refractivity contribution in [2.75, 3.05) is 12.0 Å². The fourth-order valence-electron chi connectivity index (χ4n) is 1.34. The summed E-state index contributed by atoms with van der Waals surface area (Å²) >= 11 is 2.84. The molecular formula is C12H14N4O2S2. The maximum Gasteiger partial charge on any atom is 0.294 e. The van der Waals surface area contributed by atoms with E-state index in [1.165, 1.54) is 17.8 Å². The molecule has 0 radical (unpaired) electrons. The molecule has 0 aliphatic carbocycles. The summed E-state index contributed by atoms with van der Waals surface area (Å²) in [5.74, 6) is 0.937. The second-order valence-corrected chi connectivity index (χ2v) is 5.58. The summed E-state index contributed by atoms with van der Waals surface area (Å²) in [7, 11) is 0. The SMILES string of the molecule is CCCSc1ccc([N+](=O)[O-])c(N=C(NC#N)SC)c1. The van der Waals surface area contributed by atoms with Crippen LogP contribution >= 0.6 is 23.5 Å². The van der Waals surface area contributed by atoms with E-state index in [-0.39, 0.29) is 11.4 Å². The van der Waals surface area contributed by atoms with Gasteiger partial charge in [0, 0.05) is 11.0 Å². The Labute approximate surface area is 125 Å². The first-order valence-corrected chi connectivity index (χ1v) is 8.02. The first-order chi connectivity index (χ1) is 9.62. The van der Waals surface area contributed by atoms with Crippen LogP contribution in [0.2, 0.25) is 0 Å². The molecule has 1 rings (SSSR count). The van der Waals surface area contributed by atoms with Crippen LogP contribution in [0.25, 0.3) is 0 Å². The van der Waals surface area contributed by atoms with Gasteiger partial charge in [0.05, 0.1) is 4.92 Å². The van der Waals surface area contributed by atoms with Gasteiger partial charge in [-0.1, -0.05) is 18.7 Å². The van der Waals surface area contributed by atoms with Crippen LogP contribution in [0.1, 0.15) is 13.3 Å². The Morgan fingerprint density at radius 1 is 1.60 bits per heavy atom. The number of amidine groups is 1. The van der Waals surface area contributed by atoms with E-state index < -0.39 is 4.92 Å². The van der Waals surface area contributed by atoms with Crippen molar-refractivity contribution in [3.63, 3.8) is 0 Å². The zero-order valence-electron chi connectivity index (χ0n) is 11.1. The number of thioether (sulfide) groups is 2. The maximum absolute atomic E-state index is 11.0. The molecule has 0 atom stereocenters. The summed E-state index contributed by atoms with van der Waals surface area (Å²) in [6.07, 6.45) is 4.52. The van der Waals surface area contributed by atoms with Crippen LogP contribution in [0.5, 0.6) is 0 Å². The Bertz CT molecular complexity index is 555. The van der Waals surface area contributed by atoms with Crippen molar-refractivity contribution in [1.82, 2.24) is 5.32 Å². The average molecular weight is 310 g/mol. The van der Waals surface area contributed by atoms with Gasteiger partial charge in [0.1, 0.15) is 5.69 Å². The second-order valence-electron chi connectivity index (χ2n) is 3.61. The first kappa shape index (κ1) is 16.3. The van der Waals surface area contributed by atoms with Crippen LogP contribution in [0.15, 0.2) is 28.1 Å². The van der Waals surface area contributed by atoms with Crippen LogP contribution in [0, 0.1) is 21.6 Å². The van der Waals surface area contributed by atoms with Gasteiger partial charge >= 0.3 is 0 Å². The summed E-state index contributed by atoms with van der Waals surface area (Å²) in [6.45, 7) is 2.07. The second kappa shape index (κ2) is 8.45. The molecule has 0 saturated heterocycles. The highest BCUT2D eigenvalue weighted by atomic mass is 32.2. The molecule has 1 N–H and O–H groups in total. The van der Waals surface area contributed by atoms with Crippen LogP contribution in [-0.4, -0.2) is 22.1 Å². The number of benzene rings is 1. The number of nitrogens with zero attached hydrogens (tertiary/aromatic N) is 3. The van der Waals surface area contributed by atoms with Gasteiger partial charge < -0.3 is 0 Å². The molecule has 0 aliphatic rings. The van der Waals surface area contributed by atoms with Gasteiger partial charge in [0.15, 0.2) is 11.4 Å². The topological polar surface area (TPSA) is 91.3 Å². The van der Waals surface area contributed by atoms with Crippen molar-refractivity contribution in [2.45, 2.75) is 18.2 Å². The van der Waals surface area contributed by atoms with E-state index in [0.717, 1.165) is 17.1 Å². The average Bonchev–Trinajstić information content (AvgIpc) is 2.44. The highest BCUT2D eigenvalue weighted by Gasteiger charge is 2.14. The highest BCUT2D eigenvalue weighted by molar-refractivity contribution is 8.13. The lowest BCUT2D eigenvalue weighted by molar-refractivity contribution is -0.384. The minimum Gasteiger partial charge on any atom is -0.271 e. The van der Waals surface area contributed by atoms with Gasteiger partial charge in [0.2, 0.25) is 0 Å². The predicted molar refractivity (Wildman–Crippen MR) is 83.5 cm³/mol. The smallest absolute Gasteiger partial charge is 0.271 e. The monoisotopic (exact) mass is 310 g/mol. The van der Waals surface area contributed by atoms with E-state index in [4.69, 9.17) is 5.26 Å². The van der Waals surface area contributed by atoms with Gasteiger partial charge in [-0.3, -0.25) is 15.4 Å². The number of hydrogen-bond acceptors (Lipinski definition) is 6. The van der Waals surface area contributed by atoms with Crippen molar-refractivity contribution in [2.24, 2.45) is 4.99 Å². The number of hydrogen-bond donors (Lipinski definition) is 1. The lowest BCUT2D eigenvalue weighted by Gasteiger charge is -2.04. The zero-order chi connectivity index (χ0) is 15.0. The third-order valence-electron chi connectivity index (χ3n) is 2.19. The van der Waals surface area contributed by atoms with Crippen molar-refractivity contribution in [3.05, 3.63) is 28.3 Å². The van der Waals surface area contributed by atoms with E-state index in [2.05, 4.69) is 17.2 Å². The fourth-order valence-corrected chi connectivity index (χ4v) is 2.48. The van der Waals surface area contributed by atoms with E-state index >= 15 is 0 Å². The third-order valence-corrected chi connectivity index (χ3v) is 3.97. The molecule has 20 heavy (non-hydrogen) atoms. The summed E-state index contributed by atoms with van der Waals surface area (Å²) in [6, 6.07) is 4.84. The molecule has 0 bridgehead atoms. The normalized spacial score (nSPS) is 10.9. The Kier molecular flexibility index (Phi) is 6.90. The van der Waals surface area contributed by atoms with E-state index in [1.807, 2.05) is 0 Å². The number of nitro groups is 1. The number of nitriles is 1. The summed E-state index contributed by atoms with van der Waals surface area (Å²) < 4.78 is 0. The fraction of sp³-hybridized carbons (Fsp3) is 0.333. The molecule has 0 fully saturated rings. The summed E-state index contributed by atoms with van der Waals surface area (Å²) in [4.78, 5) is 15.6. The Balaban J connectivity index is 3.18. The Morgan fingerprint density at radius 2 is 2.35 bits per heavy atom. The zero-order valence-corrected chi connectivity index (χ0v) is 12.8. The molecule has 0 amide bonds. The molecule has 8 heteroatoms. The minimum atomic E-state index is -0.475. The van der Waals surface area contributed by atoms with Gasteiger partial charge in [-0.25, -0.2) is 4.99 Å². The van der Waals surface area contributed by atoms with Crippen LogP contribution in [0.4, 0.5) is 11.4 Å². The molecule has 6 nitrogen and oxygen atoms in total. The number of nitrogens with one attached hydrogen (secondary N) is 1. The molecule has 0 heterocycles. The van der Waals surface area contributed by atoms with Gasteiger partial charge in [-0.2, -0.15) is 5.26 Å². The maximum atomic E-state index is 11.0. The number of nitro benzene ring substituents is 1. The molecule has 1 aromatic rings. The lowest BCUT2D eigenvalue weighted by atomic mass is 10.3. The van der Waals surface area contributed by atoms with Crippen molar-refractivity contribution in [3.8, 4) is 6.19 Å². The van der Waals surface area contributed by atoms with Gasteiger partial charge in [0.25, 0.3) is 5.69 Å². The first-order valence-electron chi connectivity index (χ1n) is 5.81. The number of rotatable bonds is 5. The van der Waals surface area contributed by atoms with Crippen molar-refractivity contribution < 1.29 is 4.92 Å². The predicted octanol–water partition coefficient (Wildman–Crippen LogP) is 3.52. The molecule has 0 saturated carbocycles. The molecule has 1 aromatic carbocycles. The molecule has 0 spiro atoms. The molecular weight excluding hydrogens is 296 g/mol. The highest BCUT2D eigenvalue weighted by Crippen LogP contribution is 2.33. The quantitative estimate of drug-likeness (QED) is 0.170. The van der Waals surface area contributed by atoms with Crippen LogP contribution in [-0.2, 0) is 0 Å². The molecule has 0 unspecified atom stereocenters. The van der Waals surface area contributed by atoms with Crippen molar-refractivity contribution in [1.29, 1.82) is 5.26 Å². The Morgan fingerprint density at radius 3 is 2.90 bits per heavy atom. The van der Waals surface area contributed by atoms with E-state index in [9.17, 15) is 10.1 Å². The van der Waals surface area contributed by atoms with Crippen LogP contribution in [0.3, 0.4) is 0 Å². The standard InChI is InChI=1S/C12H14N4O2S2/c1-3-6-20-9-4-5-11(16(17)18)10(7-9)15-12(19-2)14-8-13/h4-5,7H,3,6H2,1-2H3,(H,14,15). The lowest BCUT2D eigenvalue weighted by Crippen LogP contribution is -2.12.